The van der Waals surface area contributed by atoms with Gasteiger partial charge in [-0.1, -0.05) is 18.2 Å². The van der Waals surface area contributed by atoms with Crippen molar-refractivity contribution in [2.24, 2.45) is 0 Å². The molecule has 24 heavy (non-hydrogen) atoms. The number of halogens is 4. The van der Waals surface area contributed by atoms with Crippen LogP contribution in [0.3, 0.4) is 0 Å². The monoisotopic (exact) mass is 381 g/mol. The first-order valence-electron chi connectivity index (χ1n) is 7.75. The van der Waals surface area contributed by atoms with Gasteiger partial charge in [0.25, 0.3) is 5.92 Å². The quantitative estimate of drug-likeness (QED) is 0.854. The lowest BCUT2D eigenvalue weighted by Crippen LogP contribution is -2.45. The SMILES string of the molecule is Cl.Cl.O=C(C1CC(F)(F)CN1)N1CCCN(c2ccccc2)CC1. The number of nitrogens with one attached hydrogen (secondary N) is 1. The highest BCUT2D eigenvalue weighted by atomic mass is 35.5. The average Bonchev–Trinajstić information content (AvgIpc) is 2.74. The summed E-state index contributed by atoms with van der Waals surface area (Å²) in [5.41, 5.74) is 1.14. The Morgan fingerprint density at radius 2 is 1.79 bits per heavy atom. The third kappa shape index (κ3) is 4.94. The summed E-state index contributed by atoms with van der Waals surface area (Å²) in [7, 11) is 0. The number of benzene rings is 1. The molecule has 0 saturated carbocycles. The molecule has 2 aliphatic heterocycles. The van der Waals surface area contributed by atoms with Gasteiger partial charge in [0.15, 0.2) is 0 Å². The van der Waals surface area contributed by atoms with Crippen molar-refractivity contribution < 1.29 is 13.6 Å². The van der Waals surface area contributed by atoms with E-state index in [1.807, 2.05) is 18.2 Å². The predicted octanol–water partition coefficient (Wildman–Crippen LogP) is 2.57. The molecule has 1 atom stereocenters. The topological polar surface area (TPSA) is 35.6 Å². The molecule has 0 bridgehead atoms. The zero-order valence-electron chi connectivity index (χ0n) is 13.3. The Kier molecular flexibility index (Phi) is 7.70. The van der Waals surface area contributed by atoms with Crippen LogP contribution in [0.1, 0.15) is 12.8 Å². The minimum absolute atomic E-state index is 0. The number of alkyl halides is 2. The molecular weight excluding hydrogens is 359 g/mol. The van der Waals surface area contributed by atoms with Crippen molar-refractivity contribution >= 4 is 36.4 Å². The van der Waals surface area contributed by atoms with Gasteiger partial charge >= 0.3 is 0 Å². The highest BCUT2D eigenvalue weighted by Crippen LogP contribution is 2.26. The summed E-state index contributed by atoms with van der Waals surface area (Å²) >= 11 is 0. The molecule has 3 rings (SSSR count). The predicted molar refractivity (Wildman–Crippen MR) is 95.7 cm³/mol. The van der Waals surface area contributed by atoms with E-state index < -0.39 is 18.5 Å². The van der Waals surface area contributed by atoms with Crippen molar-refractivity contribution in [2.45, 2.75) is 24.8 Å². The Hall–Kier alpha value is -1.11. The molecule has 136 valence electrons. The van der Waals surface area contributed by atoms with Crippen molar-refractivity contribution in [1.82, 2.24) is 10.2 Å². The second kappa shape index (κ2) is 8.83. The molecule has 8 heteroatoms. The van der Waals surface area contributed by atoms with Gasteiger partial charge < -0.3 is 9.80 Å². The molecule has 2 aliphatic rings. The van der Waals surface area contributed by atoms with Crippen LogP contribution < -0.4 is 10.2 Å². The number of para-hydroxylation sites is 1. The highest BCUT2D eigenvalue weighted by molar-refractivity contribution is 5.85. The third-order valence-corrected chi connectivity index (χ3v) is 4.34. The first-order valence-corrected chi connectivity index (χ1v) is 7.75. The van der Waals surface area contributed by atoms with E-state index in [4.69, 9.17) is 0 Å². The number of nitrogens with zero attached hydrogens (tertiary/aromatic N) is 2. The summed E-state index contributed by atoms with van der Waals surface area (Å²) < 4.78 is 26.5. The standard InChI is InChI=1S/C16H21F2N3O.2ClH/c17-16(18)11-14(19-12-16)15(22)21-8-4-7-20(9-10-21)13-5-2-1-3-6-13;;/h1-3,5-6,14,19H,4,7-12H2;2*1H. The van der Waals surface area contributed by atoms with Crippen LogP contribution in [0.5, 0.6) is 0 Å². The number of anilines is 1. The van der Waals surface area contributed by atoms with E-state index >= 15 is 0 Å². The summed E-state index contributed by atoms with van der Waals surface area (Å²) in [5.74, 6) is -2.95. The number of carbonyl (C=O) groups excluding carboxylic acids is 1. The van der Waals surface area contributed by atoms with Gasteiger partial charge in [0.05, 0.1) is 12.6 Å². The average molecular weight is 382 g/mol. The van der Waals surface area contributed by atoms with Crippen molar-refractivity contribution in [3.63, 3.8) is 0 Å². The Balaban J connectivity index is 0.00000144. The largest absolute Gasteiger partial charge is 0.370 e. The molecule has 2 saturated heterocycles. The molecule has 0 aromatic heterocycles. The highest BCUT2D eigenvalue weighted by Gasteiger charge is 2.43. The molecule has 1 unspecified atom stereocenters. The zero-order chi connectivity index (χ0) is 15.6. The van der Waals surface area contributed by atoms with Gasteiger partial charge in [-0.25, -0.2) is 8.78 Å². The normalized spacial score (nSPS) is 23.0. The first kappa shape index (κ1) is 20.9. The van der Waals surface area contributed by atoms with Crippen LogP contribution in [-0.2, 0) is 4.79 Å². The molecule has 1 N–H and O–H groups in total. The lowest BCUT2D eigenvalue weighted by Gasteiger charge is -2.25. The van der Waals surface area contributed by atoms with E-state index in [0.717, 1.165) is 25.2 Å². The van der Waals surface area contributed by atoms with E-state index in [-0.39, 0.29) is 37.1 Å². The van der Waals surface area contributed by atoms with Gasteiger partial charge in [-0.2, -0.15) is 0 Å². The molecule has 1 aromatic carbocycles. The first-order chi connectivity index (χ1) is 10.6. The summed E-state index contributed by atoms with van der Waals surface area (Å²) in [6.07, 6.45) is 0.467. The molecule has 2 heterocycles. The van der Waals surface area contributed by atoms with Gasteiger partial charge in [-0.3, -0.25) is 10.1 Å². The maximum absolute atomic E-state index is 13.2. The van der Waals surface area contributed by atoms with Gasteiger partial charge in [-0.05, 0) is 18.6 Å². The van der Waals surface area contributed by atoms with E-state index in [2.05, 4.69) is 22.3 Å². The van der Waals surface area contributed by atoms with Crippen LogP contribution >= 0.6 is 24.8 Å². The Morgan fingerprint density at radius 3 is 2.42 bits per heavy atom. The molecule has 2 fully saturated rings. The van der Waals surface area contributed by atoms with E-state index in [1.165, 1.54) is 0 Å². The lowest BCUT2D eigenvalue weighted by atomic mass is 10.1. The zero-order valence-corrected chi connectivity index (χ0v) is 14.9. The fourth-order valence-corrected chi connectivity index (χ4v) is 3.15. The fourth-order valence-electron chi connectivity index (χ4n) is 3.15. The van der Waals surface area contributed by atoms with Crippen LogP contribution in [0.25, 0.3) is 0 Å². The molecule has 1 aromatic rings. The summed E-state index contributed by atoms with van der Waals surface area (Å²) in [6, 6.07) is 9.33. The number of hydrogen-bond donors (Lipinski definition) is 1. The Morgan fingerprint density at radius 1 is 1.08 bits per heavy atom. The molecule has 0 aliphatic carbocycles. The number of amides is 1. The third-order valence-electron chi connectivity index (χ3n) is 4.34. The van der Waals surface area contributed by atoms with E-state index in [9.17, 15) is 13.6 Å². The van der Waals surface area contributed by atoms with Gasteiger partial charge in [0.2, 0.25) is 5.91 Å². The lowest BCUT2D eigenvalue weighted by molar-refractivity contribution is -0.133. The Labute approximate surface area is 153 Å². The smallest absolute Gasteiger partial charge is 0.262 e. The van der Waals surface area contributed by atoms with Crippen LogP contribution in [0.2, 0.25) is 0 Å². The second-order valence-electron chi connectivity index (χ2n) is 5.99. The molecule has 1 amide bonds. The van der Waals surface area contributed by atoms with Crippen LogP contribution in [-0.4, -0.2) is 55.5 Å². The minimum atomic E-state index is -2.76. The summed E-state index contributed by atoms with van der Waals surface area (Å²) in [5, 5.41) is 2.65. The summed E-state index contributed by atoms with van der Waals surface area (Å²) in [6.45, 7) is 2.43. The van der Waals surface area contributed by atoms with Crippen LogP contribution in [0.4, 0.5) is 14.5 Å². The fraction of sp³-hybridized carbons (Fsp3) is 0.562. The van der Waals surface area contributed by atoms with Gasteiger partial charge in [0.1, 0.15) is 0 Å². The number of rotatable bonds is 2. The molecular formula is C16H23Cl2F2N3O. The van der Waals surface area contributed by atoms with Crippen molar-refractivity contribution in [3.8, 4) is 0 Å². The van der Waals surface area contributed by atoms with E-state index in [0.29, 0.717) is 13.1 Å². The maximum atomic E-state index is 13.2. The number of carbonyl (C=O) groups is 1. The van der Waals surface area contributed by atoms with Gasteiger partial charge in [0, 0.05) is 38.3 Å². The second-order valence-corrected chi connectivity index (χ2v) is 5.99. The molecule has 4 nitrogen and oxygen atoms in total. The van der Waals surface area contributed by atoms with E-state index in [1.54, 1.807) is 4.90 Å². The molecule has 0 spiro atoms. The van der Waals surface area contributed by atoms with Crippen molar-refractivity contribution in [1.29, 1.82) is 0 Å². The van der Waals surface area contributed by atoms with Crippen molar-refractivity contribution in [3.05, 3.63) is 30.3 Å². The van der Waals surface area contributed by atoms with Gasteiger partial charge in [-0.15, -0.1) is 24.8 Å². The molecule has 0 radical (unpaired) electrons. The minimum Gasteiger partial charge on any atom is -0.370 e. The Bertz CT molecular complexity index is 533. The van der Waals surface area contributed by atoms with Crippen LogP contribution in [0.15, 0.2) is 30.3 Å². The van der Waals surface area contributed by atoms with Crippen LogP contribution in [0, 0.1) is 0 Å². The maximum Gasteiger partial charge on any atom is 0.262 e. The van der Waals surface area contributed by atoms with Crippen molar-refractivity contribution in [2.75, 3.05) is 37.6 Å². The summed E-state index contributed by atoms with van der Waals surface area (Å²) in [4.78, 5) is 16.4. The number of hydrogen-bond acceptors (Lipinski definition) is 3.